The Kier molecular flexibility index (Phi) is 3.10. The van der Waals surface area contributed by atoms with E-state index in [-0.39, 0.29) is 5.78 Å². The van der Waals surface area contributed by atoms with Gasteiger partial charge in [-0.15, -0.1) is 0 Å². The fourth-order valence-corrected chi connectivity index (χ4v) is 2.23. The van der Waals surface area contributed by atoms with Crippen molar-refractivity contribution < 1.29 is 9.53 Å². The summed E-state index contributed by atoms with van der Waals surface area (Å²) >= 11 is 0. The molecule has 0 aromatic heterocycles. The highest BCUT2D eigenvalue weighted by Crippen LogP contribution is 2.29. The Morgan fingerprint density at radius 1 is 1.31 bits per heavy atom. The van der Waals surface area contributed by atoms with Gasteiger partial charge in [0.1, 0.15) is 5.60 Å². The second-order valence-electron chi connectivity index (χ2n) is 4.68. The molecule has 2 nitrogen and oxygen atoms in total. The lowest BCUT2D eigenvalue weighted by molar-refractivity contribution is -0.0426. The SMILES string of the molecule is Cc1ccccc1C(=O)C1(C)CCCCO1. The van der Waals surface area contributed by atoms with Crippen LogP contribution in [-0.4, -0.2) is 18.0 Å². The van der Waals surface area contributed by atoms with Crippen LogP contribution in [0.5, 0.6) is 0 Å². The molecule has 1 unspecified atom stereocenters. The number of aryl methyl sites for hydroxylation is 1. The molecule has 1 aromatic carbocycles. The Morgan fingerprint density at radius 2 is 2.06 bits per heavy atom. The molecule has 86 valence electrons. The molecular formula is C14H18O2. The quantitative estimate of drug-likeness (QED) is 0.713. The van der Waals surface area contributed by atoms with E-state index < -0.39 is 5.60 Å². The van der Waals surface area contributed by atoms with E-state index in [1.54, 1.807) is 0 Å². The maximum Gasteiger partial charge on any atom is 0.194 e. The zero-order valence-electron chi connectivity index (χ0n) is 9.95. The van der Waals surface area contributed by atoms with Crippen molar-refractivity contribution in [2.45, 2.75) is 38.7 Å². The van der Waals surface area contributed by atoms with Crippen molar-refractivity contribution in [3.05, 3.63) is 35.4 Å². The fourth-order valence-electron chi connectivity index (χ4n) is 2.23. The first kappa shape index (κ1) is 11.3. The van der Waals surface area contributed by atoms with Crippen molar-refractivity contribution in [2.24, 2.45) is 0 Å². The number of hydrogen-bond acceptors (Lipinski definition) is 2. The third kappa shape index (κ3) is 2.03. The minimum absolute atomic E-state index is 0.130. The number of Topliss-reactive ketones (excluding diaryl/α,β-unsaturated/α-hetero) is 1. The molecule has 0 spiro atoms. The molecule has 1 aliphatic rings. The van der Waals surface area contributed by atoms with Crippen molar-refractivity contribution in [3.63, 3.8) is 0 Å². The summed E-state index contributed by atoms with van der Waals surface area (Å²) in [5, 5.41) is 0. The summed E-state index contributed by atoms with van der Waals surface area (Å²) in [5.41, 5.74) is 1.22. The van der Waals surface area contributed by atoms with Gasteiger partial charge >= 0.3 is 0 Å². The lowest BCUT2D eigenvalue weighted by atomic mass is 9.86. The van der Waals surface area contributed by atoms with Gasteiger partial charge in [-0.25, -0.2) is 0 Å². The Morgan fingerprint density at radius 3 is 2.69 bits per heavy atom. The van der Waals surface area contributed by atoms with Crippen molar-refractivity contribution in [2.75, 3.05) is 6.61 Å². The van der Waals surface area contributed by atoms with E-state index in [1.807, 2.05) is 38.1 Å². The molecule has 0 radical (unpaired) electrons. The second-order valence-corrected chi connectivity index (χ2v) is 4.68. The Balaban J connectivity index is 2.28. The summed E-state index contributed by atoms with van der Waals surface area (Å²) in [6.45, 7) is 4.59. The molecule has 1 aromatic rings. The highest BCUT2D eigenvalue weighted by Gasteiger charge is 2.36. The smallest absolute Gasteiger partial charge is 0.194 e. The summed E-state index contributed by atoms with van der Waals surface area (Å²) < 4.78 is 5.69. The minimum atomic E-state index is -0.607. The fraction of sp³-hybridized carbons (Fsp3) is 0.500. The summed E-state index contributed by atoms with van der Waals surface area (Å²) in [6.07, 6.45) is 2.98. The third-order valence-electron chi connectivity index (χ3n) is 3.34. The predicted molar refractivity (Wildman–Crippen MR) is 63.7 cm³/mol. The first-order valence-electron chi connectivity index (χ1n) is 5.88. The number of hydrogen-bond donors (Lipinski definition) is 0. The number of carbonyl (C=O) groups is 1. The van der Waals surface area contributed by atoms with Crippen molar-refractivity contribution in [1.82, 2.24) is 0 Å². The Hall–Kier alpha value is -1.15. The molecule has 0 bridgehead atoms. The van der Waals surface area contributed by atoms with Gasteiger partial charge in [-0.2, -0.15) is 0 Å². The summed E-state index contributed by atoms with van der Waals surface area (Å²) in [4.78, 5) is 12.4. The molecule has 2 heteroatoms. The first-order chi connectivity index (χ1) is 7.63. The molecule has 1 aliphatic heterocycles. The molecule has 0 saturated carbocycles. The highest BCUT2D eigenvalue weighted by atomic mass is 16.5. The van der Waals surface area contributed by atoms with E-state index in [2.05, 4.69) is 0 Å². The van der Waals surface area contributed by atoms with E-state index in [0.717, 1.165) is 30.4 Å². The first-order valence-corrected chi connectivity index (χ1v) is 5.88. The van der Waals surface area contributed by atoms with Gasteiger partial charge in [0, 0.05) is 12.2 Å². The zero-order valence-corrected chi connectivity index (χ0v) is 9.95. The van der Waals surface area contributed by atoms with Crippen LogP contribution in [0.4, 0.5) is 0 Å². The van der Waals surface area contributed by atoms with Crippen molar-refractivity contribution in [3.8, 4) is 0 Å². The zero-order chi connectivity index (χ0) is 11.6. The standard InChI is InChI=1S/C14H18O2/c1-11-7-3-4-8-12(11)13(15)14(2)9-5-6-10-16-14/h3-4,7-8H,5-6,9-10H2,1-2H3. The van der Waals surface area contributed by atoms with E-state index in [0.29, 0.717) is 6.61 Å². The van der Waals surface area contributed by atoms with Crippen LogP contribution in [0.15, 0.2) is 24.3 Å². The maximum atomic E-state index is 12.4. The average molecular weight is 218 g/mol. The molecule has 0 amide bonds. The van der Waals surface area contributed by atoms with Crippen LogP contribution in [0, 0.1) is 6.92 Å². The molecule has 2 rings (SSSR count). The van der Waals surface area contributed by atoms with Crippen LogP contribution in [0.25, 0.3) is 0 Å². The van der Waals surface area contributed by atoms with Crippen LogP contribution in [0.2, 0.25) is 0 Å². The van der Waals surface area contributed by atoms with Gasteiger partial charge < -0.3 is 4.74 Å². The van der Waals surface area contributed by atoms with E-state index in [4.69, 9.17) is 4.74 Å². The monoisotopic (exact) mass is 218 g/mol. The largest absolute Gasteiger partial charge is 0.367 e. The maximum absolute atomic E-state index is 12.4. The highest BCUT2D eigenvalue weighted by molar-refractivity contribution is 6.03. The van der Waals surface area contributed by atoms with Crippen LogP contribution in [0.1, 0.15) is 42.1 Å². The number of rotatable bonds is 2. The predicted octanol–water partition coefficient (Wildman–Crippen LogP) is 3.14. The lowest BCUT2D eigenvalue weighted by Gasteiger charge is -2.32. The van der Waals surface area contributed by atoms with Crippen LogP contribution in [0.3, 0.4) is 0 Å². The van der Waals surface area contributed by atoms with Crippen LogP contribution < -0.4 is 0 Å². The Bertz CT molecular complexity index is 389. The van der Waals surface area contributed by atoms with E-state index in [9.17, 15) is 4.79 Å². The summed E-state index contributed by atoms with van der Waals surface area (Å²) in [6, 6.07) is 7.73. The topological polar surface area (TPSA) is 26.3 Å². The van der Waals surface area contributed by atoms with Gasteiger partial charge in [-0.05, 0) is 38.7 Å². The number of benzene rings is 1. The molecule has 1 heterocycles. The number of carbonyl (C=O) groups excluding carboxylic acids is 1. The molecule has 0 N–H and O–H groups in total. The molecule has 1 fully saturated rings. The van der Waals surface area contributed by atoms with Gasteiger partial charge in [0.05, 0.1) is 0 Å². The van der Waals surface area contributed by atoms with Crippen molar-refractivity contribution in [1.29, 1.82) is 0 Å². The van der Waals surface area contributed by atoms with E-state index >= 15 is 0 Å². The summed E-state index contributed by atoms with van der Waals surface area (Å²) in [5.74, 6) is 0.130. The molecule has 0 aliphatic carbocycles. The number of ketones is 1. The molecular weight excluding hydrogens is 200 g/mol. The lowest BCUT2D eigenvalue weighted by Crippen LogP contribution is -2.41. The van der Waals surface area contributed by atoms with Crippen molar-refractivity contribution >= 4 is 5.78 Å². The Labute approximate surface area is 96.6 Å². The normalized spacial score (nSPS) is 25.4. The summed E-state index contributed by atoms with van der Waals surface area (Å²) in [7, 11) is 0. The van der Waals surface area contributed by atoms with Gasteiger partial charge in [0.15, 0.2) is 5.78 Å². The number of ether oxygens (including phenoxy) is 1. The second kappa shape index (κ2) is 4.38. The van der Waals surface area contributed by atoms with Crippen LogP contribution in [-0.2, 0) is 4.74 Å². The minimum Gasteiger partial charge on any atom is -0.367 e. The molecule has 1 saturated heterocycles. The molecule has 1 atom stereocenters. The van der Waals surface area contributed by atoms with E-state index in [1.165, 1.54) is 0 Å². The van der Waals surface area contributed by atoms with Gasteiger partial charge in [-0.3, -0.25) is 4.79 Å². The van der Waals surface area contributed by atoms with Gasteiger partial charge in [-0.1, -0.05) is 24.3 Å². The third-order valence-corrected chi connectivity index (χ3v) is 3.34. The van der Waals surface area contributed by atoms with Crippen LogP contribution >= 0.6 is 0 Å². The molecule has 16 heavy (non-hydrogen) atoms. The van der Waals surface area contributed by atoms with Gasteiger partial charge in [0.25, 0.3) is 0 Å². The average Bonchev–Trinajstić information content (AvgIpc) is 2.30. The van der Waals surface area contributed by atoms with Gasteiger partial charge in [0.2, 0.25) is 0 Å².